The molecule has 74 valence electrons. The summed E-state index contributed by atoms with van der Waals surface area (Å²) in [7, 11) is 0. The maximum absolute atomic E-state index is 11.8. The number of carbonyl (C=O) groups is 1. The van der Waals surface area contributed by atoms with Crippen molar-refractivity contribution >= 4 is 5.91 Å². The average molecular weight is 182 g/mol. The van der Waals surface area contributed by atoms with Crippen LogP contribution in [0.1, 0.15) is 33.1 Å². The van der Waals surface area contributed by atoms with Gasteiger partial charge in [-0.25, -0.2) is 0 Å². The highest BCUT2D eigenvalue weighted by molar-refractivity contribution is 5.86. The molecule has 13 heavy (non-hydrogen) atoms. The SMILES string of the molecule is CC1CC1NC(=O)C1(C)CCCN1. The van der Waals surface area contributed by atoms with Crippen molar-refractivity contribution in [2.24, 2.45) is 5.92 Å². The summed E-state index contributed by atoms with van der Waals surface area (Å²) in [5, 5.41) is 6.35. The normalized spacial score (nSPS) is 43.2. The maximum Gasteiger partial charge on any atom is 0.240 e. The van der Waals surface area contributed by atoms with E-state index in [9.17, 15) is 4.79 Å². The molecule has 3 unspecified atom stereocenters. The van der Waals surface area contributed by atoms with Crippen LogP contribution in [0.2, 0.25) is 0 Å². The highest BCUT2D eigenvalue weighted by atomic mass is 16.2. The van der Waals surface area contributed by atoms with E-state index in [1.165, 1.54) is 0 Å². The van der Waals surface area contributed by atoms with E-state index in [2.05, 4.69) is 17.6 Å². The van der Waals surface area contributed by atoms with Gasteiger partial charge in [0.2, 0.25) is 5.91 Å². The van der Waals surface area contributed by atoms with Crippen LogP contribution in [0, 0.1) is 5.92 Å². The van der Waals surface area contributed by atoms with Crippen LogP contribution in [0.4, 0.5) is 0 Å². The van der Waals surface area contributed by atoms with E-state index in [1.54, 1.807) is 0 Å². The summed E-state index contributed by atoms with van der Waals surface area (Å²) in [6.45, 7) is 5.15. The van der Waals surface area contributed by atoms with E-state index >= 15 is 0 Å². The van der Waals surface area contributed by atoms with Crippen LogP contribution in [-0.2, 0) is 4.79 Å². The van der Waals surface area contributed by atoms with E-state index in [1.807, 2.05) is 6.92 Å². The Morgan fingerprint density at radius 1 is 1.62 bits per heavy atom. The highest BCUT2D eigenvalue weighted by Gasteiger charge is 2.41. The largest absolute Gasteiger partial charge is 0.351 e. The Morgan fingerprint density at radius 2 is 2.31 bits per heavy atom. The second-order valence-electron chi connectivity index (χ2n) is 4.66. The molecule has 0 aromatic heterocycles. The van der Waals surface area contributed by atoms with E-state index in [-0.39, 0.29) is 11.4 Å². The molecular weight excluding hydrogens is 164 g/mol. The molecule has 1 heterocycles. The second kappa shape index (κ2) is 2.98. The van der Waals surface area contributed by atoms with Crippen LogP contribution in [0.5, 0.6) is 0 Å². The van der Waals surface area contributed by atoms with Crippen LogP contribution in [0.15, 0.2) is 0 Å². The Kier molecular flexibility index (Phi) is 2.06. The summed E-state index contributed by atoms with van der Waals surface area (Å²) in [5.74, 6) is 0.883. The third-order valence-corrected chi connectivity index (χ3v) is 3.30. The lowest BCUT2D eigenvalue weighted by atomic mass is 9.99. The standard InChI is InChI=1S/C10H18N2O/c1-7-6-8(7)12-9(13)10(2)4-3-5-11-10/h7-8,11H,3-6H2,1-2H3,(H,12,13). The summed E-state index contributed by atoms with van der Waals surface area (Å²) >= 11 is 0. The van der Waals surface area contributed by atoms with Crippen LogP contribution >= 0.6 is 0 Å². The molecule has 2 rings (SSSR count). The molecule has 0 aromatic carbocycles. The lowest BCUT2D eigenvalue weighted by Crippen LogP contribution is -2.51. The molecule has 1 aliphatic heterocycles. The molecule has 2 N–H and O–H groups in total. The first-order valence-corrected chi connectivity index (χ1v) is 5.18. The first-order valence-electron chi connectivity index (χ1n) is 5.18. The molecule has 1 saturated heterocycles. The molecule has 0 spiro atoms. The van der Waals surface area contributed by atoms with Gasteiger partial charge in [0.05, 0.1) is 5.54 Å². The van der Waals surface area contributed by atoms with Gasteiger partial charge >= 0.3 is 0 Å². The predicted molar refractivity (Wildman–Crippen MR) is 51.4 cm³/mol. The lowest BCUT2D eigenvalue weighted by Gasteiger charge is -2.23. The van der Waals surface area contributed by atoms with E-state index in [0.717, 1.165) is 25.8 Å². The summed E-state index contributed by atoms with van der Waals surface area (Å²) in [6, 6.07) is 0.451. The van der Waals surface area contributed by atoms with Crippen LogP contribution in [0.25, 0.3) is 0 Å². The van der Waals surface area contributed by atoms with Gasteiger partial charge in [-0.1, -0.05) is 6.92 Å². The van der Waals surface area contributed by atoms with Crippen LogP contribution < -0.4 is 10.6 Å². The van der Waals surface area contributed by atoms with Gasteiger partial charge in [-0.2, -0.15) is 0 Å². The molecule has 0 aromatic rings. The zero-order chi connectivity index (χ0) is 9.47. The molecule has 3 nitrogen and oxygen atoms in total. The monoisotopic (exact) mass is 182 g/mol. The number of carbonyl (C=O) groups excluding carboxylic acids is 1. The van der Waals surface area contributed by atoms with E-state index in [0.29, 0.717) is 12.0 Å². The Labute approximate surface area is 79.3 Å². The summed E-state index contributed by atoms with van der Waals surface area (Å²) < 4.78 is 0. The minimum atomic E-state index is -0.289. The molecule has 2 aliphatic rings. The molecule has 1 amide bonds. The van der Waals surface area contributed by atoms with Gasteiger partial charge in [0, 0.05) is 6.04 Å². The Hall–Kier alpha value is -0.570. The van der Waals surface area contributed by atoms with Crippen molar-refractivity contribution in [2.45, 2.75) is 44.7 Å². The minimum absolute atomic E-state index is 0.194. The van der Waals surface area contributed by atoms with Crippen LogP contribution in [0.3, 0.4) is 0 Å². The number of nitrogens with one attached hydrogen (secondary N) is 2. The Morgan fingerprint density at radius 3 is 2.77 bits per heavy atom. The third kappa shape index (κ3) is 1.70. The third-order valence-electron chi connectivity index (χ3n) is 3.30. The summed E-state index contributed by atoms with van der Waals surface area (Å²) in [6.07, 6.45) is 3.24. The fraction of sp³-hybridized carbons (Fsp3) is 0.900. The van der Waals surface area contributed by atoms with E-state index < -0.39 is 0 Å². The molecule has 3 heteroatoms. The zero-order valence-corrected chi connectivity index (χ0v) is 8.39. The maximum atomic E-state index is 11.8. The van der Waals surface area contributed by atoms with Crippen molar-refractivity contribution in [1.29, 1.82) is 0 Å². The summed E-state index contributed by atoms with van der Waals surface area (Å²) in [4.78, 5) is 11.8. The van der Waals surface area contributed by atoms with Crippen molar-refractivity contribution < 1.29 is 4.79 Å². The molecule has 2 fully saturated rings. The first kappa shape index (κ1) is 9.00. The molecule has 3 atom stereocenters. The van der Waals surface area contributed by atoms with Gasteiger partial charge in [-0.3, -0.25) is 4.79 Å². The van der Waals surface area contributed by atoms with Crippen molar-refractivity contribution in [3.63, 3.8) is 0 Å². The first-order chi connectivity index (χ1) is 6.12. The predicted octanol–water partition coefficient (Wildman–Crippen LogP) is 0.653. The summed E-state index contributed by atoms with van der Waals surface area (Å²) in [5.41, 5.74) is -0.289. The van der Waals surface area contributed by atoms with Gasteiger partial charge in [-0.05, 0) is 38.6 Å². The highest BCUT2D eigenvalue weighted by Crippen LogP contribution is 2.30. The smallest absolute Gasteiger partial charge is 0.240 e. The van der Waals surface area contributed by atoms with Gasteiger partial charge < -0.3 is 10.6 Å². The number of hydrogen-bond acceptors (Lipinski definition) is 2. The fourth-order valence-corrected chi connectivity index (χ4v) is 1.94. The van der Waals surface area contributed by atoms with Gasteiger partial charge in [0.1, 0.15) is 0 Å². The minimum Gasteiger partial charge on any atom is -0.351 e. The van der Waals surface area contributed by atoms with Gasteiger partial charge in [0.15, 0.2) is 0 Å². The van der Waals surface area contributed by atoms with Crippen molar-refractivity contribution in [2.75, 3.05) is 6.54 Å². The molecule has 0 bridgehead atoms. The molecule has 0 radical (unpaired) electrons. The lowest BCUT2D eigenvalue weighted by molar-refractivity contribution is -0.126. The average Bonchev–Trinajstić information content (AvgIpc) is 2.62. The Bertz CT molecular complexity index is 221. The number of rotatable bonds is 2. The number of hydrogen-bond donors (Lipinski definition) is 2. The van der Waals surface area contributed by atoms with Crippen molar-refractivity contribution in [3.8, 4) is 0 Å². The van der Waals surface area contributed by atoms with Gasteiger partial charge in [-0.15, -0.1) is 0 Å². The topological polar surface area (TPSA) is 41.1 Å². The van der Waals surface area contributed by atoms with Gasteiger partial charge in [0.25, 0.3) is 0 Å². The van der Waals surface area contributed by atoms with Crippen molar-refractivity contribution in [1.82, 2.24) is 10.6 Å². The second-order valence-corrected chi connectivity index (χ2v) is 4.66. The zero-order valence-electron chi connectivity index (χ0n) is 8.39. The van der Waals surface area contributed by atoms with E-state index in [4.69, 9.17) is 0 Å². The van der Waals surface area contributed by atoms with Crippen LogP contribution in [-0.4, -0.2) is 24.0 Å². The fourth-order valence-electron chi connectivity index (χ4n) is 1.94. The molecule has 1 saturated carbocycles. The Balaban J connectivity index is 1.88. The number of amides is 1. The quantitative estimate of drug-likeness (QED) is 0.658. The molecule has 1 aliphatic carbocycles. The van der Waals surface area contributed by atoms with Crippen molar-refractivity contribution in [3.05, 3.63) is 0 Å². The molecular formula is C10H18N2O.